The van der Waals surface area contributed by atoms with E-state index in [1.54, 1.807) is 10.4 Å². The minimum absolute atomic E-state index is 0.0980. The molecular formula is C23H33N3O3S. The van der Waals surface area contributed by atoms with Crippen molar-refractivity contribution in [1.82, 2.24) is 13.8 Å². The van der Waals surface area contributed by atoms with Gasteiger partial charge in [-0.05, 0) is 64.8 Å². The van der Waals surface area contributed by atoms with E-state index in [0.717, 1.165) is 28.1 Å². The minimum Gasteiger partial charge on any atom is -0.346 e. The summed E-state index contributed by atoms with van der Waals surface area (Å²) in [5, 5.41) is 0. The molecule has 0 atom stereocenters. The lowest BCUT2D eigenvalue weighted by molar-refractivity contribution is 0.0901. The van der Waals surface area contributed by atoms with E-state index in [-0.39, 0.29) is 5.78 Å². The van der Waals surface area contributed by atoms with Gasteiger partial charge in [0, 0.05) is 49.2 Å². The lowest BCUT2D eigenvalue weighted by Gasteiger charge is -2.33. The summed E-state index contributed by atoms with van der Waals surface area (Å²) in [6.07, 6.45) is 0. The van der Waals surface area contributed by atoms with E-state index in [2.05, 4.69) is 23.3 Å². The summed E-state index contributed by atoms with van der Waals surface area (Å²) in [5.74, 6) is 0.0980. The number of rotatable bonds is 6. The molecule has 3 rings (SSSR count). The molecule has 0 N–H and O–H groups in total. The number of nitrogens with zero attached hydrogens (tertiary/aromatic N) is 3. The highest BCUT2D eigenvalue weighted by molar-refractivity contribution is 7.89. The van der Waals surface area contributed by atoms with Crippen LogP contribution in [0.1, 0.15) is 52.8 Å². The first kappa shape index (κ1) is 22.7. The summed E-state index contributed by atoms with van der Waals surface area (Å²) >= 11 is 0. The Bertz CT molecular complexity index is 1050. The molecule has 30 heavy (non-hydrogen) atoms. The second-order valence-corrected chi connectivity index (χ2v) is 10.5. The Morgan fingerprint density at radius 3 is 2.20 bits per heavy atom. The van der Waals surface area contributed by atoms with Crippen molar-refractivity contribution in [2.24, 2.45) is 0 Å². The smallest absolute Gasteiger partial charge is 0.243 e. The maximum absolute atomic E-state index is 13.1. The molecule has 2 heterocycles. The Morgan fingerprint density at radius 1 is 1.00 bits per heavy atom. The number of aryl methyl sites for hydroxylation is 3. The number of aromatic nitrogens is 1. The first-order valence-corrected chi connectivity index (χ1v) is 12.0. The molecule has 0 aliphatic carbocycles. The first-order valence-electron chi connectivity index (χ1n) is 10.5. The molecule has 6 nitrogen and oxygen atoms in total. The third-order valence-electron chi connectivity index (χ3n) is 5.96. The fourth-order valence-electron chi connectivity index (χ4n) is 4.39. The van der Waals surface area contributed by atoms with Crippen molar-refractivity contribution in [1.29, 1.82) is 0 Å². The van der Waals surface area contributed by atoms with Crippen molar-refractivity contribution in [3.63, 3.8) is 0 Å². The maximum atomic E-state index is 13.1. The Balaban J connectivity index is 1.67. The minimum atomic E-state index is -3.52. The van der Waals surface area contributed by atoms with Crippen LogP contribution in [0.25, 0.3) is 0 Å². The van der Waals surface area contributed by atoms with Crippen LogP contribution in [0.15, 0.2) is 29.2 Å². The fourth-order valence-corrected chi connectivity index (χ4v) is 6.13. The fraction of sp³-hybridized carbons (Fsp3) is 0.522. The van der Waals surface area contributed by atoms with Gasteiger partial charge in [-0.1, -0.05) is 12.1 Å². The van der Waals surface area contributed by atoms with Crippen LogP contribution < -0.4 is 0 Å². The first-order chi connectivity index (χ1) is 14.0. The van der Waals surface area contributed by atoms with E-state index in [1.807, 2.05) is 45.9 Å². The normalized spacial score (nSPS) is 16.4. The lowest BCUT2D eigenvalue weighted by atomic mass is 10.1. The van der Waals surface area contributed by atoms with Crippen molar-refractivity contribution < 1.29 is 13.2 Å². The molecule has 7 heteroatoms. The third-order valence-corrected chi connectivity index (χ3v) is 8.00. The van der Waals surface area contributed by atoms with Gasteiger partial charge >= 0.3 is 0 Å². The molecule has 0 unspecified atom stereocenters. The second kappa shape index (κ2) is 8.65. The van der Waals surface area contributed by atoms with Gasteiger partial charge in [0.2, 0.25) is 10.0 Å². The number of benzene rings is 1. The molecule has 1 aromatic carbocycles. The van der Waals surface area contributed by atoms with Gasteiger partial charge in [-0.15, -0.1) is 0 Å². The third kappa shape index (κ3) is 4.38. The summed E-state index contributed by atoms with van der Waals surface area (Å²) in [6, 6.07) is 7.80. The molecule has 0 spiro atoms. The van der Waals surface area contributed by atoms with Crippen molar-refractivity contribution in [3.05, 3.63) is 52.3 Å². The predicted molar refractivity (Wildman–Crippen MR) is 120 cm³/mol. The van der Waals surface area contributed by atoms with Gasteiger partial charge in [0.1, 0.15) is 0 Å². The monoisotopic (exact) mass is 431 g/mol. The number of Topliss-reactive ketones (excluding diaryl/α,β-unsaturated/α-hetero) is 1. The van der Waals surface area contributed by atoms with Crippen LogP contribution in [0.2, 0.25) is 0 Å². The highest BCUT2D eigenvalue weighted by Crippen LogP contribution is 2.24. The number of ketones is 1. The summed E-state index contributed by atoms with van der Waals surface area (Å²) in [7, 11) is -3.52. The van der Waals surface area contributed by atoms with Crippen molar-refractivity contribution >= 4 is 15.8 Å². The number of sulfonamides is 1. The zero-order valence-corrected chi connectivity index (χ0v) is 19.7. The SMILES string of the molecule is Cc1ccc(C)c(S(=O)(=O)N2CCN(CC(=O)c3cc(C)n(C(C)C)c3C)CC2)c1. The maximum Gasteiger partial charge on any atom is 0.243 e. The largest absolute Gasteiger partial charge is 0.346 e. The average Bonchev–Trinajstić information content (AvgIpc) is 2.98. The second-order valence-electron chi connectivity index (χ2n) is 8.62. The van der Waals surface area contributed by atoms with Gasteiger partial charge < -0.3 is 4.57 Å². The van der Waals surface area contributed by atoms with Crippen LogP contribution in [0.3, 0.4) is 0 Å². The molecule has 1 aliphatic rings. The predicted octanol–water partition coefficient (Wildman–Crippen LogP) is 3.49. The summed E-state index contributed by atoms with van der Waals surface area (Å²) in [6.45, 7) is 14.2. The number of carbonyl (C=O) groups is 1. The molecule has 0 saturated carbocycles. The highest BCUT2D eigenvalue weighted by Gasteiger charge is 2.30. The summed E-state index contributed by atoms with van der Waals surface area (Å²) < 4.78 is 29.9. The molecular weight excluding hydrogens is 398 g/mol. The Kier molecular flexibility index (Phi) is 6.55. The number of carbonyl (C=O) groups excluding carboxylic acids is 1. The van der Waals surface area contributed by atoms with E-state index >= 15 is 0 Å². The molecule has 1 fully saturated rings. The average molecular weight is 432 g/mol. The zero-order chi connectivity index (χ0) is 22.2. The molecule has 2 aromatic rings. The van der Waals surface area contributed by atoms with E-state index in [0.29, 0.717) is 43.7 Å². The number of hydrogen-bond acceptors (Lipinski definition) is 4. The molecule has 0 radical (unpaired) electrons. The van der Waals surface area contributed by atoms with E-state index < -0.39 is 10.0 Å². The van der Waals surface area contributed by atoms with E-state index in [4.69, 9.17) is 0 Å². The van der Waals surface area contributed by atoms with Gasteiger partial charge in [-0.25, -0.2) is 8.42 Å². The molecule has 0 amide bonds. The van der Waals surface area contributed by atoms with Crippen molar-refractivity contribution in [2.75, 3.05) is 32.7 Å². The lowest BCUT2D eigenvalue weighted by Crippen LogP contribution is -2.49. The van der Waals surface area contributed by atoms with Crippen LogP contribution in [-0.2, 0) is 10.0 Å². The molecule has 164 valence electrons. The van der Waals surface area contributed by atoms with Gasteiger partial charge in [-0.3, -0.25) is 9.69 Å². The topological polar surface area (TPSA) is 62.6 Å². The Labute approximate surface area is 180 Å². The van der Waals surface area contributed by atoms with Gasteiger partial charge in [-0.2, -0.15) is 4.31 Å². The molecule has 1 aliphatic heterocycles. The van der Waals surface area contributed by atoms with Crippen LogP contribution in [0.4, 0.5) is 0 Å². The Morgan fingerprint density at radius 2 is 1.63 bits per heavy atom. The van der Waals surface area contributed by atoms with Gasteiger partial charge in [0.05, 0.1) is 11.4 Å². The summed E-state index contributed by atoms with van der Waals surface area (Å²) in [5.41, 5.74) is 4.56. The molecule has 1 saturated heterocycles. The molecule has 0 bridgehead atoms. The highest BCUT2D eigenvalue weighted by atomic mass is 32.2. The van der Waals surface area contributed by atoms with Crippen LogP contribution in [0, 0.1) is 27.7 Å². The Hall–Kier alpha value is -1.96. The van der Waals surface area contributed by atoms with E-state index in [9.17, 15) is 13.2 Å². The van der Waals surface area contributed by atoms with Crippen LogP contribution in [-0.4, -0.2) is 60.7 Å². The van der Waals surface area contributed by atoms with Crippen LogP contribution in [0.5, 0.6) is 0 Å². The van der Waals surface area contributed by atoms with Gasteiger partial charge in [0.15, 0.2) is 5.78 Å². The number of hydrogen-bond donors (Lipinski definition) is 0. The molecule has 1 aromatic heterocycles. The standard InChI is InChI=1S/C23H33N3O3S/c1-16(2)26-19(5)14-21(20(26)6)22(27)15-24-9-11-25(12-10-24)30(28,29)23-13-17(3)7-8-18(23)4/h7-8,13-14,16H,9-12,15H2,1-6H3. The number of piperazine rings is 1. The zero-order valence-electron chi connectivity index (χ0n) is 18.9. The van der Waals surface area contributed by atoms with E-state index in [1.165, 1.54) is 0 Å². The van der Waals surface area contributed by atoms with Gasteiger partial charge in [0.25, 0.3) is 0 Å². The van der Waals surface area contributed by atoms with Crippen molar-refractivity contribution in [2.45, 2.75) is 52.5 Å². The quantitative estimate of drug-likeness (QED) is 0.657. The van der Waals surface area contributed by atoms with Crippen molar-refractivity contribution in [3.8, 4) is 0 Å². The summed E-state index contributed by atoms with van der Waals surface area (Å²) in [4.78, 5) is 15.4. The van der Waals surface area contributed by atoms with Crippen LogP contribution >= 0.6 is 0 Å².